The number of urea groups is 1. The highest BCUT2D eigenvalue weighted by molar-refractivity contribution is 5.83. The smallest absolute Gasteiger partial charge is 0.319 e. The van der Waals surface area contributed by atoms with Gasteiger partial charge in [-0.05, 0) is 33.6 Å². The van der Waals surface area contributed by atoms with Gasteiger partial charge in [0.1, 0.15) is 5.78 Å². The molecule has 1 heterocycles. The monoisotopic (exact) mass is 297 g/mol. The Kier molecular flexibility index (Phi) is 7.19. The molecule has 0 unspecified atom stereocenters. The fraction of sp³-hybridized carbons (Fsp3) is 0.800. The quantitative estimate of drug-likeness (QED) is 0.805. The van der Waals surface area contributed by atoms with E-state index in [-0.39, 0.29) is 30.2 Å². The summed E-state index contributed by atoms with van der Waals surface area (Å²) in [4.78, 5) is 38.4. The average Bonchev–Trinajstić information content (AvgIpc) is 2.47. The molecule has 0 aromatic carbocycles. The Bertz CT molecular complexity index is 372. The standard InChI is InChI=1S/C15H27N3O3/c1-4-17(5-2)15(21)18-10-8-13(9-11-18)16-14(20)7-6-12(3)19/h13H,4-11H2,1-3H3,(H,16,20). The average molecular weight is 297 g/mol. The Labute approximate surface area is 126 Å². The first-order valence-electron chi connectivity index (χ1n) is 7.80. The molecular weight excluding hydrogens is 270 g/mol. The van der Waals surface area contributed by atoms with E-state index in [0.717, 1.165) is 25.9 Å². The second-order valence-electron chi connectivity index (χ2n) is 5.49. The van der Waals surface area contributed by atoms with Gasteiger partial charge in [-0.3, -0.25) is 4.79 Å². The molecule has 6 nitrogen and oxygen atoms in total. The summed E-state index contributed by atoms with van der Waals surface area (Å²) in [6, 6.07) is 0.201. The highest BCUT2D eigenvalue weighted by atomic mass is 16.2. The summed E-state index contributed by atoms with van der Waals surface area (Å²) >= 11 is 0. The van der Waals surface area contributed by atoms with E-state index in [2.05, 4.69) is 5.32 Å². The second kappa shape index (κ2) is 8.64. The van der Waals surface area contributed by atoms with Crippen molar-refractivity contribution in [2.24, 2.45) is 0 Å². The molecule has 1 rings (SSSR count). The topological polar surface area (TPSA) is 69.7 Å². The third-order valence-corrected chi connectivity index (χ3v) is 3.87. The number of amides is 3. The lowest BCUT2D eigenvalue weighted by atomic mass is 10.0. The van der Waals surface area contributed by atoms with E-state index in [9.17, 15) is 14.4 Å². The first-order valence-corrected chi connectivity index (χ1v) is 7.80. The van der Waals surface area contributed by atoms with Crippen molar-refractivity contribution in [3.63, 3.8) is 0 Å². The molecule has 1 N–H and O–H groups in total. The highest BCUT2D eigenvalue weighted by Gasteiger charge is 2.25. The fourth-order valence-electron chi connectivity index (χ4n) is 2.50. The number of hydrogen-bond donors (Lipinski definition) is 1. The Balaban J connectivity index is 2.33. The van der Waals surface area contributed by atoms with Gasteiger partial charge in [0.2, 0.25) is 5.91 Å². The molecule has 6 heteroatoms. The molecule has 120 valence electrons. The van der Waals surface area contributed by atoms with E-state index in [4.69, 9.17) is 0 Å². The number of piperidine rings is 1. The van der Waals surface area contributed by atoms with Gasteiger partial charge in [-0.2, -0.15) is 0 Å². The number of carbonyl (C=O) groups is 3. The molecule has 3 amide bonds. The molecule has 0 aromatic rings. The van der Waals surface area contributed by atoms with E-state index in [0.29, 0.717) is 19.5 Å². The van der Waals surface area contributed by atoms with Crippen LogP contribution in [-0.4, -0.2) is 59.7 Å². The summed E-state index contributed by atoms with van der Waals surface area (Å²) in [5.74, 6) is -0.0384. The van der Waals surface area contributed by atoms with Crippen LogP contribution in [0.15, 0.2) is 0 Å². The first-order chi connectivity index (χ1) is 9.97. The molecule has 0 saturated carbocycles. The van der Waals surface area contributed by atoms with Crippen molar-refractivity contribution >= 4 is 17.7 Å². The number of likely N-dealkylation sites (tertiary alicyclic amines) is 1. The number of carbonyl (C=O) groups excluding carboxylic acids is 3. The fourth-order valence-corrected chi connectivity index (χ4v) is 2.50. The summed E-state index contributed by atoms with van der Waals surface area (Å²) < 4.78 is 0. The van der Waals surface area contributed by atoms with Crippen molar-refractivity contribution in [3.8, 4) is 0 Å². The molecule has 1 aliphatic heterocycles. The van der Waals surface area contributed by atoms with Gasteiger partial charge >= 0.3 is 6.03 Å². The van der Waals surface area contributed by atoms with Crippen molar-refractivity contribution < 1.29 is 14.4 Å². The molecule has 0 aliphatic carbocycles. The van der Waals surface area contributed by atoms with Crippen LogP contribution in [0.4, 0.5) is 4.79 Å². The maximum Gasteiger partial charge on any atom is 0.319 e. The lowest BCUT2D eigenvalue weighted by molar-refractivity contribution is -0.125. The minimum atomic E-state index is -0.0706. The van der Waals surface area contributed by atoms with Crippen LogP contribution >= 0.6 is 0 Å². The van der Waals surface area contributed by atoms with Crippen molar-refractivity contribution in [1.29, 1.82) is 0 Å². The molecule has 1 saturated heterocycles. The summed E-state index contributed by atoms with van der Waals surface area (Å²) in [7, 11) is 0. The van der Waals surface area contributed by atoms with Crippen LogP contribution in [-0.2, 0) is 9.59 Å². The molecule has 0 radical (unpaired) electrons. The van der Waals surface area contributed by atoms with Gasteiger partial charge in [-0.15, -0.1) is 0 Å². The summed E-state index contributed by atoms with van der Waals surface area (Å²) in [5.41, 5.74) is 0. The van der Waals surface area contributed by atoms with Crippen LogP contribution in [0.1, 0.15) is 46.5 Å². The van der Waals surface area contributed by atoms with Gasteiger partial charge in [-0.1, -0.05) is 0 Å². The van der Waals surface area contributed by atoms with Crippen LogP contribution in [0.25, 0.3) is 0 Å². The maximum absolute atomic E-state index is 12.2. The molecule has 0 spiro atoms. The second-order valence-corrected chi connectivity index (χ2v) is 5.49. The van der Waals surface area contributed by atoms with Gasteiger partial charge < -0.3 is 19.9 Å². The Morgan fingerprint density at radius 3 is 2.14 bits per heavy atom. The van der Waals surface area contributed by atoms with Gasteiger partial charge in [0.15, 0.2) is 0 Å². The van der Waals surface area contributed by atoms with Crippen LogP contribution in [0.3, 0.4) is 0 Å². The number of nitrogens with zero attached hydrogens (tertiary/aromatic N) is 2. The van der Waals surface area contributed by atoms with Crippen molar-refractivity contribution in [2.45, 2.75) is 52.5 Å². The largest absolute Gasteiger partial charge is 0.353 e. The number of nitrogens with one attached hydrogen (secondary N) is 1. The predicted molar refractivity (Wildman–Crippen MR) is 81.0 cm³/mol. The van der Waals surface area contributed by atoms with E-state index in [1.165, 1.54) is 6.92 Å². The van der Waals surface area contributed by atoms with Gasteiger partial charge in [0.25, 0.3) is 0 Å². The van der Waals surface area contributed by atoms with Gasteiger partial charge in [0.05, 0.1) is 0 Å². The van der Waals surface area contributed by atoms with E-state index < -0.39 is 0 Å². The van der Waals surface area contributed by atoms with Crippen LogP contribution in [0.5, 0.6) is 0 Å². The third-order valence-electron chi connectivity index (χ3n) is 3.87. The normalized spacial score (nSPS) is 15.7. The van der Waals surface area contributed by atoms with Crippen LogP contribution < -0.4 is 5.32 Å². The van der Waals surface area contributed by atoms with Gasteiger partial charge in [0, 0.05) is 45.1 Å². The van der Waals surface area contributed by atoms with Crippen LogP contribution in [0.2, 0.25) is 0 Å². The zero-order valence-corrected chi connectivity index (χ0v) is 13.4. The molecule has 0 bridgehead atoms. The minimum Gasteiger partial charge on any atom is -0.353 e. The predicted octanol–water partition coefficient (Wildman–Crippen LogP) is 1.40. The van der Waals surface area contributed by atoms with E-state index >= 15 is 0 Å². The Morgan fingerprint density at radius 2 is 1.67 bits per heavy atom. The first kappa shape index (κ1) is 17.5. The maximum atomic E-state index is 12.2. The molecule has 1 aliphatic rings. The van der Waals surface area contributed by atoms with Crippen molar-refractivity contribution in [1.82, 2.24) is 15.1 Å². The van der Waals surface area contributed by atoms with Crippen molar-refractivity contribution in [2.75, 3.05) is 26.2 Å². The molecule has 0 aromatic heterocycles. The minimum absolute atomic E-state index is 0.0322. The molecule has 1 fully saturated rings. The zero-order valence-electron chi connectivity index (χ0n) is 13.4. The molecule has 21 heavy (non-hydrogen) atoms. The number of rotatable bonds is 6. The molecular formula is C15H27N3O3. The summed E-state index contributed by atoms with van der Waals surface area (Å²) in [6.07, 6.45) is 2.11. The lowest BCUT2D eigenvalue weighted by Gasteiger charge is -2.35. The highest BCUT2D eigenvalue weighted by Crippen LogP contribution is 2.13. The summed E-state index contributed by atoms with van der Waals surface area (Å²) in [5, 5.41) is 2.95. The Morgan fingerprint density at radius 1 is 1.10 bits per heavy atom. The third kappa shape index (κ3) is 5.73. The van der Waals surface area contributed by atoms with Gasteiger partial charge in [-0.25, -0.2) is 4.79 Å². The van der Waals surface area contributed by atoms with E-state index in [1.807, 2.05) is 23.6 Å². The van der Waals surface area contributed by atoms with E-state index in [1.54, 1.807) is 0 Å². The lowest BCUT2D eigenvalue weighted by Crippen LogP contribution is -2.50. The van der Waals surface area contributed by atoms with Crippen LogP contribution in [0, 0.1) is 0 Å². The van der Waals surface area contributed by atoms with Crippen molar-refractivity contribution in [3.05, 3.63) is 0 Å². The zero-order chi connectivity index (χ0) is 15.8. The SMILES string of the molecule is CCN(CC)C(=O)N1CCC(NC(=O)CCC(C)=O)CC1. The number of Topliss-reactive ketones (excluding diaryl/α,β-unsaturated/α-hetero) is 1. The molecule has 0 atom stereocenters. The summed E-state index contributed by atoms with van der Waals surface area (Å²) in [6.45, 7) is 8.23. The number of hydrogen-bond acceptors (Lipinski definition) is 3. The Hall–Kier alpha value is -1.59. The number of ketones is 1.